The van der Waals surface area contributed by atoms with Crippen LogP contribution in [-0.4, -0.2) is 25.1 Å². The number of carbonyl (C=O) groups is 1. The zero-order valence-corrected chi connectivity index (χ0v) is 12.4. The fourth-order valence-electron chi connectivity index (χ4n) is 1.62. The Hall–Kier alpha value is -1.40. The largest absolute Gasteiger partial charge is 0.377 e. The van der Waals surface area contributed by atoms with E-state index in [1.807, 2.05) is 37.2 Å². The van der Waals surface area contributed by atoms with Crippen molar-refractivity contribution in [3.63, 3.8) is 0 Å². The number of rotatable bonds is 2. The van der Waals surface area contributed by atoms with E-state index in [2.05, 4.69) is 26.6 Å². The van der Waals surface area contributed by atoms with E-state index in [-0.39, 0.29) is 5.91 Å². The molecule has 0 aromatic heterocycles. The molecule has 6 heteroatoms. The molecule has 1 saturated heterocycles. The summed E-state index contributed by atoms with van der Waals surface area (Å²) >= 11 is 8.38. The van der Waals surface area contributed by atoms with Gasteiger partial charge in [0, 0.05) is 18.6 Å². The Morgan fingerprint density at radius 3 is 2.56 bits per heavy atom. The molecule has 1 amide bonds. The molecule has 1 aliphatic rings. The first-order valence-electron chi connectivity index (χ1n) is 5.28. The molecule has 1 aliphatic heterocycles. The standard InChI is InChI=1S/C12H12BrN3OS/c1-16(2)10-4-3-7(5-8(10)13)6-9-11(17)15-12(18)14-9/h3-6H,1-2H3,(H2,14,15,17,18). The van der Waals surface area contributed by atoms with Crippen LogP contribution < -0.4 is 15.5 Å². The minimum Gasteiger partial charge on any atom is -0.377 e. The van der Waals surface area contributed by atoms with Crippen molar-refractivity contribution in [1.82, 2.24) is 10.6 Å². The molecular weight excluding hydrogens is 314 g/mol. The molecule has 94 valence electrons. The van der Waals surface area contributed by atoms with Crippen LogP contribution in [-0.2, 0) is 4.79 Å². The zero-order valence-electron chi connectivity index (χ0n) is 9.95. The molecule has 0 saturated carbocycles. The zero-order chi connectivity index (χ0) is 13.3. The van der Waals surface area contributed by atoms with Gasteiger partial charge >= 0.3 is 0 Å². The van der Waals surface area contributed by atoms with E-state index < -0.39 is 0 Å². The predicted molar refractivity (Wildman–Crippen MR) is 80.3 cm³/mol. The Morgan fingerprint density at radius 2 is 2.06 bits per heavy atom. The van der Waals surface area contributed by atoms with Crippen LogP contribution in [0.3, 0.4) is 0 Å². The summed E-state index contributed by atoms with van der Waals surface area (Å²) in [6, 6.07) is 5.89. The van der Waals surface area contributed by atoms with Crippen LogP contribution in [0, 0.1) is 0 Å². The maximum atomic E-state index is 11.5. The SMILES string of the molecule is CN(C)c1ccc(C=C2NC(=S)NC2=O)cc1Br. The van der Waals surface area contributed by atoms with Gasteiger partial charge in [-0.1, -0.05) is 6.07 Å². The molecule has 18 heavy (non-hydrogen) atoms. The average molecular weight is 326 g/mol. The highest BCUT2D eigenvalue weighted by Gasteiger charge is 2.19. The Kier molecular flexibility index (Phi) is 3.68. The lowest BCUT2D eigenvalue weighted by Gasteiger charge is -2.14. The van der Waals surface area contributed by atoms with Crippen LogP contribution in [0.1, 0.15) is 5.56 Å². The molecule has 0 atom stereocenters. The van der Waals surface area contributed by atoms with Gasteiger partial charge in [-0.15, -0.1) is 0 Å². The number of carbonyl (C=O) groups excluding carboxylic acids is 1. The topological polar surface area (TPSA) is 44.4 Å². The van der Waals surface area contributed by atoms with E-state index in [1.165, 1.54) is 0 Å². The van der Waals surface area contributed by atoms with E-state index in [0.717, 1.165) is 15.7 Å². The van der Waals surface area contributed by atoms with Crippen LogP contribution in [0.25, 0.3) is 6.08 Å². The normalized spacial score (nSPS) is 16.7. The minimum atomic E-state index is -0.201. The molecule has 0 spiro atoms. The summed E-state index contributed by atoms with van der Waals surface area (Å²) < 4.78 is 0.975. The van der Waals surface area contributed by atoms with E-state index in [9.17, 15) is 4.79 Å². The molecule has 1 heterocycles. The lowest BCUT2D eigenvalue weighted by atomic mass is 10.1. The highest BCUT2D eigenvalue weighted by Crippen LogP contribution is 2.26. The summed E-state index contributed by atoms with van der Waals surface area (Å²) in [6.07, 6.45) is 1.76. The summed E-state index contributed by atoms with van der Waals surface area (Å²) in [7, 11) is 3.95. The summed E-state index contributed by atoms with van der Waals surface area (Å²) in [6.45, 7) is 0. The lowest BCUT2D eigenvalue weighted by Crippen LogP contribution is -2.21. The highest BCUT2D eigenvalue weighted by atomic mass is 79.9. The molecule has 0 radical (unpaired) electrons. The van der Waals surface area contributed by atoms with Crippen molar-refractivity contribution in [3.05, 3.63) is 33.9 Å². The third-order valence-electron chi connectivity index (χ3n) is 2.48. The Morgan fingerprint density at radius 1 is 1.33 bits per heavy atom. The second kappa shape index (κ2) is 5.07. The molecular formula is C12H12BrN3OS. The van der Waals surface area contributed by atoms with Crippen LogP contribution in [0.2, 0.25) is 0 Å². The number of amides is 1. The number of nitrogens with one attached hydrogen (secondary N) is 2. The fraction of sp³-hybridized carbons (Fsp3) is 0.167. The van der Waals surface area contributed by atoms with Crippen LogP contribution in [0.4, 0.5) is 5.69 Å². The van der Waals surface area contributed by atoms with Gasteiger partial charge in [-0.3, -0.25) is 10.1 Å². The lowest BCUT2D eigenvalue weighted by molar-refractivity contribution is -0.115. The van der Waals surface area contributed by atoms with E-state index in [0.29, 0.717) is 10.8 Å². The first-order chi connectivity index (χ1) is 8.47. The van der Waals surface area contributed by atoms with E-state index >= 15 is 0 Å². The number of anilines is 1. The van der Waals surface area contributed by atoms with Gasteiger partial charge in [0.1, 0.15) is 5.70 Å². The van der Waals surface area contributed by atoms with E-state index in [1.54, 1.807) is 6.08 Å². The number of halogens is 1. The second-order valence-corrected chi connectivity index (χ2v) is 5.33. The van der Waals surface area contributed by atoms with Crippen molar-refractivity contribution in [2.24, 2.45) is 0 Å². The minimum absolute atomic E-state index is 0.201. The van der Waals surface area contributed by atoms with Crippen LogP contribution in [0.5, 0.6) is 0 Å². The molecule has 1 aromatic rings. The predicted octanol–water partition coefficient (Wildman–Crippen LogP) is 1.86. The molecule has 1 fully saturated rings. The first kappa shape index (κ1) is 13.0. The van der Waals surface area contributed by atoms with Gasteiger partial charge in [0.05, 0.1) is 5.69 Å². The van der Waals surface area contributed by atoms with Crippen LogP contribution in [0.15, 0.2) is 28.4 Å². The summed E-state index contributed by atoms with van der Waals surface area (Å²) in [5, 5.41) is 5.68. The third kappa shape index (κ3) is 2.70. The van der Waals surface area contributed by atoms with Crippen molar-refractivity contribution in [1.29, 1.82) is 0 Å². The number of hydrogen-bond acceptors (Lipinski definition) is 3. The van der Waals surface area contributed by atoms with Crippen molar-refractivity contribution in [2.45, 2.75) is 0 Å². The summed E-state index contributed by atoms with van der Waals surface area (Å²) in [5.74, 6) is -0.201. The maximum absolute atomic E-state index is 11.5. The van der Waals surface area contributed by atoms with Gasteiger partial charge in [0.2, 0.25) is 0 Å². The fourth-order valence-corrected chi connectivity index (χ4v) is 2.58. The monoisotopic (exact) mass is 325 g/mol. The Balaban J connectivity index is 2.31. The third-order valence-corrected chi connectivity index (χ3v) is 3.32. The van der Waals surface area contributed by atoms with Crippen molar-refractivity contribution < 1.29 is 4.79 Å². The molecule has 2 N–H and O–H groups in total. The van der Waals surface area contributed by atoms with Gasteiger partial charge in [0.15, 0.2) is 5.11 Å². The quantitative estimate of drug-likeness (QED) is 0.643. The molecule has 0 bridgehead atoms. The summed E-state index contributed by atoms with van der Waals surface area (Å²) in [4.78, 5) is 13.5. The Bertz CT molecular complexity index is 554. The van der Waals surface area contributed by atoms with Crippen LogP contribution >= 0.6 is 28.1 Å². The molecule has 0 unspecified atom stereocenters. The molecule has 4 nitrogen and oxygen atoms in total. The average Bonchev–Trinajstić information content (AvgIpc) is 2.57. The van der Waals surface area contributed by atoms with Crippen molar-refractivity contribution in [3.8, 4) is 0 Å². The Labute approximate surface area is 119 Å². The molecule has 2 rings (SSSR count). The highest BCUT2D eigenvalue weighted by molar-refractivity contribution is 9.10. The van der Waals surface area contributed by atoms with Crippen molar-refractivity contribution >= 4 is 50.9 Å². The van der Waals surface area contributed by atoms with Crippen molar-refractivity contribution in [2.75, 3.05) is 19.0 Å². The number of benzene rings is 1. The first-order valence-corrected chi connectivity index (χ1v) is 6.48. The second-order valence-electron chi connectivity index (χ2n) is 4.07. The smallest absolute Gasteiger partial charge is 0.273 e. The van der Waals surface area contributed by atoms with Gasteiger partial charge < -0.3 is 10.2 Å². The summed E-state index contributed by atoms with van der Waals surface area (Å²) in [5.41, 5.74) is 2.47. The maximum Gasteiger partial charge on any atom is 0.273 e. The van der Waals surface area contributed by atoms with E-state index in [4.69, 9.17) is 12.2 Å². The number of nitrogens with zero attached hydrogens (tertiary/aromatic N) is 1. The van der Waals surface area contributed by atoms with Gasteiger partial charge in [-0.05, 0) is 51.9 Å². The van der Waals surface area contributed by atoms with Gasteiger partial charge in [-0.2, -0.15) is 0 Å². The number of hydrogen-bond donors (Lipinski definition) is 2. The van der Waals surface area contributed by atoms with Gasteiger partial charge in [-0.25, -0.2) is 0 Å². The van der Waals surface area contributed by atoms with Gasteiger partial charge in [0.25, 0.3) is 5.91 Å². The molecule has 0 aliphatic carbocycles. The number of thiocarbonyl (C=S) groups is 1. The molecule has 1 aromatic carbocycles.